The lowest BCUT2D eigenvalue weighted by atomic mass is 9.79. The first kappa shape index (κ1) is 20.4. The smallest absolute Gasteiger partial charge is 0.230 e. The predicted octanol–water partition coefficient (Wildman–Crippen LogP) is 4.35. The summed E-state index contributed by atoms with van der Waals surface area (Å²) in [5.41, 5.74) is 3.55. The van der Waals surface area contributed by atoms with Crippen LogP contribution in [0.15, 0.2) is 48.5 Å². The molecule has 0 saturated carbocycles. The topological polar surface area (TPSA) is 32.8 Å². The average molecular weight is 381 g/mol. The SMILES string of the molecule is CCC[C@H]1C(=O)N(CCN(C)C)c2ccccc2C[C@H]1c1ccc(OC)cc1. The number of para-hydroxylation sites is 1. The summed E-state index contributed by atoms with van der Waals surface area (Å²) in [6.45, 7) is 3.74. The Morgan fingerprint density at radius 2 is 1.82 bits per heavy atom. The molecule has 0 unspecified atom stereocenters. The summed E-state index contributed by atoms with van der Waals surface area (Å²) in [6.07, 6.45) is 2.79. The predicted molar refractivity (Wildman–Crippen MR) is 115 cm³/mol. The molecule has 0 saturated heterocycles. The van der Waals surface area contributed by atoms with Gasteiger partial charge in [-0.15, -0.1) is 0 Å². The number of carbonyl (C=O) groups excluding carboxylic acids is 1. The van der Waals surface area contributed by atoms with Crippen molar-refractivity contribution in [2.24, 2.45) is 5.92 Å². The zero-order valence-corrected chi connectivity index (χ0v) is 17.5. The van der Waals surface area contributed by atoms with Crippen LogP contribution in [0.3, 0.4) is 0 Å². The van der Waals surface area contributed by atoms with E-state index in [0.29, 0.717) is 0 Å². The molecule has 28 heavy (non-hydrogen) atoms. The summed E-state index contributed by atoms with van der Waals surface area (Å²) < 4.78 is 5.32. The molecule has 1 heterocycles. The van der Waals surface area contributed by atoms with E-state index in [9.17, 15) is 4.79 Å². The molecule has 2 aromatic carbocycles. The molecule has 1 aliphatic rings. The Balaban J connectivity index is 2.02. The van der Waals surface area contributed by atoms with Crippen molar-refractivity contribution < 1.29 is 9.53 Å². The van der Waals surface area contributed by atoms with Crippen LogP contribution >= 0.6 is 0 Å². The van der Waals surface area contributed by atoms with Gasteiger partial charge in [-0.25, -0.2) is 0 Å². The van der Waals surface area contributed by atoms with Crippen molar-refractivity contribution in [3.8, 4) is 5.75 Å². The molecule has 4 nitrogen and oxygen atoms in total. The van der Waals surface area contributed by atoms with E-state index in [0.717, 1.165) is 43.8 Å². The lowest BCUT2D eigenvalue weighted by Crippen LogP contribution is -2.41. The zero-order chi connectivity index (χ0) is 20.1. The second kappa shape index (κ2) is 9.24. The molecule has 150 valence electrons. The van der Waals surface area contributed by atoms with Crippen molar-refractivity contribution >= 4 is 11.6 Å². The maximum atomic E-state index is 13.7. The van der Waals surface area contributed by atoms with Gasteiger partial charge in [0.1, 0.15) is 5.75 Å². The number of nitrogens with zero attached hydrogens (tertiary/aromatic N) is 2. The molecule has 0 spiro atoms. The number of rotatable bonds is 7. The summed E-state index contributed by atoms with van der Waals surface area (Å²) >= 11 is 0. The molecular weight excluding hydrogens is 348 g/mol. The fourth-order valence-electron chi connectivity index (χ4n) is 4.18. The number of likely N-dealkylation sites (N-methyl/N-ethyl adjacent to an activating group) is 1. The highest BCUT2D eigenvalue weighted by Gasteiger charge is 2.36. The van der Waals surface area contributed by atoms with Crippen LogP contribution in [0, 0.1) is 5.92 Å². The maximum absolute atomic E-state index is 13.7. The van der Waals surface area contributed by atoms with Crippen LogP contribution in [0.25, 0.3) is 0 Å². The number of hydrogen-bond donors (Lipinski definition) is 0. The monoisotopic (exact) mass is 380 g/mol. The summed E-state index contributed by atoms with van der Waals surface area (Å²) in [5, 5.41) is 0. The number of amides is 1. The van der Waals surface area contributed by atoms with E-state index in [1.165, 1.54) is 11.1 Å². The van der Waals surface area contributed by atoms with Crippen molar-refractivity contribution in [1.29, 1.82) is 0 Å². The lowest BCUT2D eigenvalue weighted by molar-refractivity contribution is -0.123. The summed E-state index contributed by atoms with van der Waals surface area (Å²) in [6, 6.07) is 16.6. The van der Waals surface area contributed by atoms with E-state index in [1.54, 1.807) is 7.11 Å². The molecule has 0 bridgehead atoms. The normalized spacial score (nSPS) is 19.5. The molecule has 1 aliphatic heterocycles. The van der Waals surface area contributed by atoms with Gasteiger partial charge in [-0.2, -0.15) is 0 Å². The van der Waals surface area contributed by atoms with E-state index in [-0.39, 0.29) is 17.7 Å². The first-order chi connectivity index (χ1) is 13.5. The quantitative estimate of drug-likeness (QED) is 0.716. The highest BCUT2D eigenvalue weighted by molar-refractivity contribution is 5.97. The second-order valence-corrected chi connectivity index (χ2v) is 7.90. The molecule has 0 N–H and O–H groups in total. The molecule has 0 aromatic heterocycles. The van der Waals surface area contributed by atoms with E-state index >= 15 is 0 Å². The number of anilines is 1. The van der Waals surface area contributed by atoms with Gasteiger partial charge in [0.25, 0.3) is 0 Å². The molecular formula is C24H32N2O2. The fourth-order valence-corrected chi connectivity index (χ4v) is 4.18. The van der Waals surface area contributed by atoms with Gasteiger partial charge in [0.2, 0.25) is 5.91 Å². The summed E-state index contributed by atoms with van der Waals surface area (Å²) in [7, 11) is 5.79. The Morgan fingerprint density at radius 3 is 2.46 bits per heavy atom. The number of fused-ring (bicyclic) bond motifs is 1. The molecule has 2 atom stereocenters. The third-order valence-corrected chi connectivity index (χ3v) is 5.71. The third kappa shape index (κ3) is 4.39. The first-order valence-corrected chi connectivity index (χ1v) is 10.2. The standard InChI is InChI=1S/C24H32N2O2/c1-5-8-21-22(18-11-13-20(28-4)14-12-18)17-19-9-6-7-10-23(19)26(24(21)27)16-15-25(2)3/h6-7,9-14,21-22H,5,8,15-17H2,1-4H3/t21-,22+/m1/s1. The Labute approximate surface area is 169 Å². The van der Waals surface area contributed by atoms with Gasteiger partial charge in [-0.1, -0.05) is 43.7 Å². The van der Waals surface area contributed by atoms with Crippen molar-refractivity contribution in [2.75, 3.05) is 39.2 Å². The molecule has 2 aromatic rings. The average Bonchev–Trinajstić information content (AvgIpc) is 2.82. The Hall–Kier alpha value is -2.33. The fraction of sp³-hybridized carbons (Fsp3) is 0.458. The summed E-state index contributed by atoms with van der Waals surface area (Å²) in [5.74, 6) is 1.29. The highest BCUT2D eigenvalue weighted by Crippen LogP contribution is 2.40. The molecule has 1 amide bonds. The van der Waals surface area contributed by atoms with Gasteiger partial charge >= 0.3 is 0 Å². The number of methoxy groups -OCH3 is 1. The Morgan fingerprint density at radius 1 is 1.11 bits per heavy atom. The molecule has 3 rings (SSSR count). The molecule has 0 radical (unpaired) electrons. The second-order valence-electron chi connectivity index (χ2n) is 7.90. The van der Waals surface area contributed by atoms with Crippen LogP contribution in [-0.2, 0) is 11.2 Å². The minimum Gasteiger partial charge on any atom is -0.497 e. The third-order valence-electron chi connectivity index (χ3n) is 5.71. The van der Waals surface area contributed by atoms with Crippen LogP contribution in [0.2, 0.25) is 0 Å². The highest BCUT2D eigenvalue weighted by atomic mass is 16.5. The Bertz CT molecular complexity index is 785. The molecule has 0 fully saturated rings. The number of hydrogen-bond acceptors (Lipinski definition) is 3. The summed E-state index contributed by atoms with van der Waals surface area (Å²) in [4.78, 5) is 17.9. The molecule has 0 aliphatic carbocycles. The minimum atomic E-state index is -0.00652. The van der Waals surface area contributed by atoms with Gasteiger partial charge in [-0.05, 0) is 62.2 Å². The van der Waals surface area contributed by atoms with Crippen molar-refractivity contribution in [3.63, 3.8) is 0 Å². The van der Waals surface area contributed by atoms with Gasteiger partial charge in [0.05, 0.1) is 7.11 Å². The number of benzene rings is 2. The zero-order valence-electron chi connectivity index (χ0n) is 17.5. The van der Waals surface area contributed by atoms with E-state index in [2.05, 4.69) is 56.3 Å². The largest absolute Gasteiger partial charge is 0.497 e. The lowest BCUT2D eigenvalue weighted by Gasteiger charge is -2.29. The van der Waals surface area contributed by atoms with Crippen molar-refractivity contribution in [3.05, 3.63) is 59.7 Å². The van der Waals surface area contributed by atoms with Crippen molar-refractivity contribution in [2.45, 2.75) is 32.1 Å². The number of ether oxygens (including phenoxy) is 1. The first-order valence-electron chi connectivity index (χ1n) is 10.2. The van der Waals surface area contributed by atoms with Crippen LogP contribution < -0.4 is 9.64 Å². The van der Waals surface area contributed by atoms with Crippen LogP contribution in [0.5, 0.6) is 5.75 Å². The van der Waals surface area contributed by atoms with E-state index < -0.39 is 0 Å². The van der Waals surface area contributed by atoms with Gasteiger partial charge < -0.3 is 14.5 Å². The van der Waals surface area contributed by atoms with Gasteiger partial charge in [0, 0.05) is 24.7 Å². The van der Waals surface area contributed by atoms with Crippen LogP contribution in [0.1, 0.15) is 36.8 Å². The van der Waals surface area contributed by atoms with Crippen LogP contribution in [0.4, 0.5) is 5.69 Å². The maximum Gasteiger partial charge on any atom is 0.230 e. The van der Waals surface area contributed by atoms with Crippen molar-refractivity contribution in [1.82, 2.24) is 4.90 Å². The number of carbonyl (C=O) groups is 1. The minimum absolute atomic E-state index is 0.00652. The van der Waals surface area contributed by atoms with Gasteiger partial charge in [-0.3, -0.25) is 4.79 Å². The van der Waals surface area contributed by atoms with Gasteiger partial charge in [0.15, 0.2) is 0 Å². The van der Waals surface area contributed by atoms with Crippen LogP contribution in [-0.4, -0.2) is 45.1 Å². The van der Waals surface area contributed by atoms with E-state index in [4.69, 9.17) is 4.74 Å². The molecule has 4 heteroatoms. The van der Waals surface area contributed by atoms with E-state index in [1.807, 2.05) is 23.1 Å². The Kier molecular flexibility index (Phi) is 6.74.